The fraction of sp³-hybridized carbons (Fsp3) is 0.211. The second-order valence-electron chi connectivity index (χ2n) is 6.08. The molecule has 0 saturated carbocycles. The molecule has 0 fully saturated rings. The third-order valence-electron chi connectivity index (χ3n) is 4.18. The molecular formula is C19H20N6O2. The van der Waals surface area contributed by atoms with Crippen LogP contribution in [0.1, 0.15) is 25.3 Å². The predicted octanol–water partition coefficient (Wildman–Crippen LogP) is 2.04. The average molecular weight is 364 g/mol. The number of hydrogen-bond acceptors (Lipinski definition) is 6. The Bertz CT molecular complexity index is 1020. The summed E-state index contributed by atoms with van der Waals surface area (Å²) in [5.41, 5.74) is 13.9. The first-order valence-corrected chi connectivity index (χ1v) is 8.55. The number of primary amides is 1. The lowest BCUT2D eigenvalue weighted by atomic mass is 10.0. The summed E-state index contributed by atoms with van der Waals surface area (Å²) in [6.45, 7) is 2.06. The van der Waals surface area contributed by atoms with E-state index in [0.717, 1.165) is 22.9 Å². The van der Waals surface area contributed by atoms with Crippen LogP contribution in [0.5, 0.6) is 0 Å². The number of hydrogen-bond donors (Lipinski definition) is 3. The molecular weight excluding hydrogens is 344 g/mol. The van der Waals surface area contributed by atoms with Gasteiger partial charge in [0.15, 0.2) is 0 Å². The van der Waals surface area contributed by atoms with Crippen LogP contribution in [0.3, 0.4) is 0 Å². The van der Waals surface area contributed by atoms with Crippen molar-refractivity contribution in [2.45, 2.75) is 26.2 Å². The van der Waals surface area contributed by atoms with Gasteiger partial charge in [-0.3, -0.25) is 14.6 Å². The summed E-state index contributed by atoms with van der Waals surface area (Å²) in [4.78, 5) is 35.5. The monoisotopic (exact) mass is 364 g/mol. The van der Waals surface area contributed by atoms with Crippen LogP contribution in [0.15, 0.2) is 36.8 Å². The Morgan fingerprint density at radius 1 is 1.19 bits per heavy atom. The second-order valence-corrected chi connectivity index (χ2v) is 6.08. The van der Waals surface area contributed by atoms with Crippen molar-refractivity contribution in [2.24, 2.45) is 5.73 Å². The summed E-state index contributed by atoms with van der Waals surface area (Å²) in [6.07, 6.45) is 5.91. The molecule has 0 aliphatic rings. The molecule has 0 bridgehead atoms. The fourth-order valence-corrected chi connectivity index (χ4v) is 2.78. The number of carbonyl (C=O) groups is 2. The highest BCUT2D eigenvalue weighted by Crippen LogP contribution is 2.29. The van der Waals surface area contributed by atoms with E-state index in [1.54, 1.807) is 24.7 Å². The number of anilines is 2. The largest absolute Gasteiger partial charge is 0.383 e. The molecule has 0 aromatic carbocycles. The van der Waals surface area contributed by atoms with E-state index in [0.29, 0.717) is 22.7 Å². The van der Waals surface area contributed by atoms with Gasteiger partial charge in [0.25, 0.3) is 0 Å². The van der Waals surface area contributed by atoms with Gasteiger partial charge in [0.05, 0.1) is 5.69 Å². The summed E-state index contributed by atoms with van der Waals surface area (Å²) < 4.78 is 0. The molecule has 0 atom stereocenters. The van der Waals surface area contributed by atoms with Crippen molar-refractivity contribution in [2.75, 3.05) is 11.1 Å². The van der Waals surface area contributed by atoms with Crippen molar-refractivity contribution in [1.82, 2.24) is 15.0 Å². The van der Waals surface area contributed by atoms with Gasteiger partial charge in [-0.05, 0) is 35.6 Å². The average Bonchev–Trinajstić information content (AvgIpc) is 2.66. The summed E-state index contributed by atoms with van der Waals surface area (Å²) in [6, 6.07) is 5.57. The molecule has 0 aliphatic carbocycles. The number of amides is 2. The second kappa shape index (κ2) is 7.77. The molecule has 3 aromatic heterocycles. The summed E-state index contributed by atoms with van der Waals surface area (Å²) in [5, 5.41) is 4.14. The third kappa shape index (κ3) is 4.17. The molecule has 8 nitrogen and oxygen atoms in total. The Kier molecular flexibility index (Phi) is 5.25. The zero-order chi connectivity index (χ0) is 19.4. The van der Waals surface area contributed by atoms with Crippen molar-refractivity contribution in [3.05, 3.63) is 42.4 Å². The van der Waals surface area contributed by atoms with Crippen LogP contribution in [0.25, 0.3) is 22.0 Å². The van der Waals surface area contributed by atoms with E-state index in [4.69, 9.17) is 11.5 Å². The predicted molar refractivity (Wildman–Crippen MR) is 104 cm³/mol. The Morgan fingerprint density at radius 3 is 2.74 bits per heavy atom. The van der Waals surface area contributed by atoms with Crippen molar-refractivity contribution >= 4 is 34.2 Å². The van der Waals surface area contributed by atoms with Crippen LogP contribution in [-0.2, 0) is 16.0 Å². The molecule has 3 rings (SSSR count). The highest BCUT2D eigenvalue weighted by molar-refractivity contribution is 5.97. The highest BCUT2D eigenvalue weighted by atomic mass is 16.2. The first-order chi connectivity index (χ1) is 13.0. The number of aryl methyl sites for hydroxylation is 1. The van der Waals surface area contributed by atoms with Gasteiger partial charge in [-0.25, -0.2) is 9.97 Å². The number of aromatic nitrogens is 3. The van der Waals surface area contributed by atoms with Crippen molar-refractivity contribution in [3.63, 3.8) is 0 Å². The van der Waals surface area contributed by atoms with E-state index in [-0.39, 0.29) is 18.7 Å². The first kappa shape index (κ1) is 18.2. The van der Waals surface area contributed by atoms with Crippen LogP contribution >= 0.6 is 0 Å². The summed E-state index contributed by atoms with van der Waals surface area (Å²) in [5.74, 6) is -0.130. The Morgan fingerprint density at radius 2 is 2.00 bits per heavy atom. The molecule has 0 radical (unpaired) electrons. The van der Waals surface area contributed by atoms with E-state index in [2.05, 4.69) is 27.2 Å². The van der Waals surface area contributed by atoms with Crippen LogP contribution in [0, 0.1) is 0 Å². The lowest BCUT2D eigenvalue weighted by Gasteiger charge is -2.10. The minimum atomic E-state index is -0.525. The minimum Gasteiger partial charge on any atom is -0.383 e. The van der Waals surface area contributed by atoms with Gasteiger partial charge in [-0.1, -0.05) is 6.92 Å². The number of nitrogens with two attached hydrogens (primary N) is 2. The van der Waals surface area contributed by atoms with E-state index < -0.39 is 5.91 Å². The maximum Gasteiger partial charge on any atom is 0.226 e. The topological polar surface area (TPSA) is 137 Å². The number of carbonyl (C=O) groups excluding carboxylic acids is 2. The van der Waals surface area contributed by atoms with Crippen molar-refractivity contribution < 1.29 is 9.59 Å². The zero-order valence-corrected chi connectivity index (χ0v) is 14.9. The zero-order valence-electron chi connectivity index (χ0n) is 14.9. The number of nitrogens with zero attached hydrogens (tertiary/aromatic N) is 3. The van der Waals surface area contributed by atoms with E-state index >= 15 is 0 Å². The third-order valence-corrected chi connectivity index (χ3v) is 4.18. The lowest BCUT2D eigenvalue weighted by Crippen LogP contribution is -2.17. The molecule has 8 heteroatoms. The van der Waals surface area contributed by atoms with Gasteiger partial charge in [0, 0.05) is 42.4 Å². The quantitative estimate of drug-likeness (QED) is 0.612. The summed E-state index contributed by atoms with van der Waals surface area (Å²) >= 11 is 0. The van der Waals surface area contributed by atoms with Gasteiger partial charge in [-0.2, -0.15) is 0 Å². The Hall–Kier alpha value is -3.55. The lowest BCUT2D eigenvalue weighted by molar-refractivity contribution is -0.122. The van der Waals surface area contributed by atoms with Crippen LogP contribution < -0.4 is 16.8 Å². The number of rotatable bonds is 6. The Labute approximate surface area is 156 Å². The molecule has 3 heterocycles. The minimum absolute atomic E-state index is 0.00826. The molecule has 5 N–H and O–H groups in total. The maximum atomic E-state index is 11.9. The van der Waals surface area contributed by atoms with Crippen molar-refractivity contribution in [3.8, 4) is 11.3 Å². The number of pyridine rings is 3. The molecule has 0 spiro atoms. The van der Waals surface area contributed by atoms with E-state index in [9.17, 15) is 9.59 Å². The molecule has 0 saturated heterocycles. The molecule has 0 aliphatic heterocycles. The number of nitrogens with one attached hydrogen (secondary N) is 1. The SMILES string of the molecule is CCc1ccncc1-c1cc2cc(NC(=O)CCC(N)=O)ncc2c(N)n1. The number of fused-ring (bicyclic) bond motifs is 1. The highest BCUT2D eigenvalue weighted by Gasteiger charge is 2.11. The van der Waals surface area contributed by atoms with Gasteiger partial charge in [0.2, 0.25) is 11.8 Å². The van der Waals surface area contributed by atoms with Crippen LogP contribution in [0.2, 0.25) is 0 Å². The summed E-state index contributed by atoms with van der Waals surface area (Å²) in [7, 11) is 0. The molecule has 0 unspecified atom stereocenters. The van der Waals surface area contributed by atoms with E-state index in [1.165, 1.54) is 0 Å². The maximum absolute atomic E-state index is 11.9. The van der Waals surface area contributed by atoms with Crippen LogP contribution in [0.4, 0.5) is 11.6 Å². The van der Waals surface area contributed by atoms with Gasteiger partial charge < -0.3 is 16.8 Å². The van der Waals surface area contributed by atoms with Gasteiger partial charge in [-0.15, -0.1) is 0 Å². The molecule has 2 amide bonds. The normalized spacial score (nSPS) is 10.7. The molecule has 138 valence electrons. The van der Waals surface area contributed by atoms with Gasteiger partial charge in [0.1, 0.15) is 11.6 Å². The van der Waals surface area contributed by atoms with Crippen LogP contribution in [-0.4, -0.2) is 26.8 Å². The Balaban J connectivity index is 1.95. The fourth-order valence-electron chi connectivity index (χ4n) is 2.78. The number of nitrogen functional groups attached to an aromatic ring is 1. The smallest absolute Gasteiger partial charge is 0.226 e. The standard InChI is InChI=1S/C19H20N6O2/c1-2-11-5-6-22-9-13(11)15-7-12-8-17(23-10-14(12)19(21)24-15)25-18(27)4-3-16(20)26/h5-10H,2-4H2,1H3,(H2,20,26)(H2,21,24)(H,23,25,27). The van der Waals surface area contributed by atoms with E-state index in [1.807, 2.05) is 12.1 Å². The molecule has 3 aromatic rings. The van der Waals surface area contributed by atoms with Gasteiger partial charge >= 0.3 is 0 Å². The molecule has 27 heavy (non-hydrogen) atoms. The first-order valence-electron chi connectivity index (χ1n) is 8.55. The van der Waals surface area contributed by atoms with Crippen molar-refractivity contribution in [1.29, 1.82) is 0 Å².